The molecular weight excluding hydrogens is 350 g/mol. The number of anilines is 1. The van der Waals surface area contributed by atoms with Crippen molar-refractivity contribution in [3.8, 4) is 0 Å². The van der Waals surface area contributed by atoms with Crippen LogP contribution in [0.2, 0.25) is 0 Å². The highest BCUT2D eigenvalue weighted by molar-refractivity contribution is 7.92. The van der Waals surface area contributed by atoms with E-state index in [0.29, 0.717) is 13.0 Å². The summed E-state index contributed by atoms with van der Waals surface area (Å²) >= 11 is 0. The molecule has 0 aromatic heterocycles. The molecule has 26 heavy (non-hydrogen) atoms. The van der Waals surface area contributed by atoms with Gasteiger partial charge in [0.05, 0.1) is 16.7 Å². The van der Waals surface area contributed by atoms with Gasteiger partial charge >= 0.3 is 5.97 Å². The van der Waals surface area contributed by atoms with Gasteiger partial charge in [0.15, 0.2) is 0 Å². The number of rotatable bonds is 5. The summed E-state index contributed by atoms with van der Waals surface area (Å²) in [7, 11) is -3.60. The van der Waals surface area contributed by atoms with Crippen LogP contribution in [-0.4, -0.2) is 27.0 Å². The van der Waals surface area contributed by atoms with Gasteiger partial charge in [0.1, 0.15) is 0 Å². The lowest BCUT2D eigenvalue weighted by Crippen LogP contribution is -2.29. The molecule has 0 spiro atoms. The van der Waals surface area contributed by atoms with Gasteiger partial charge in [-0.3, -0.25) is 4.31 Å². The highest BCUT2D eigenvalue weighted by Gasteiger charge is 2.30. The predicted octanol–water partition coefficient (Wildman–Crippen LogP) is 3.40. The Hall–Kier alpha value is -2.60. The maximum absolute atomic E-state index is 12.9. The zero-order valence-corrected chi connectivity index (χ0v) is 15.6. The average Bonchev–Trinajstić information content (AvgIpc) is 3.04. The van der Waals surface area contributed by atoms with Gasteiger partial charge < -0.3 is 4.74 Å². The van der Waals surface area contributed by atoms with Gasteiger partial charge in [-0.1, -0.05) is 30.3 Å². The zero-order chi connectivity index (χ0) is 18.7. The van der Waals surface area contributed by atoms with E-state index in [1.807, 2.05) is 24.3 Å². The summed E-state index contributed by atoms with van der Waals surface area (Å²) < 4.78 is 32.3. The number of nitrogens with zero attached hydrogens (tertiary/aromatic N) is 1. The molecule has 2 aromatic rings. The quantitative estimate of drug-likeness (QED) is 0.597. The van der Waals surface area contributed by atoms with Gasteiger partial charge in [0.25, 0.3) is 10.0 Å². The Labute approximate surface area is 154 Å². The normalized spacial score (nSPS) is 14.0. The van der Waals surface area contributed by atoms with E-state index in [4.69, 9.17) is 4.74 Å². The average molecular weight is 371 g/mol. The van der Waals surface area contributed by atoms with Crippen LogP contribution in [0.4, 0.5) is 5.69 Å². The lowest BCUT2D eigenvalue weighted by Gasteiger charge is -2.19. The van der Waals surface area contributed by atoms with Crippen LogP contribution in [0, 0.1) is 0 Å². The smallest absolute Gasteiger partial charge is 0.331 e. The highest BCUT2D eigenvalue weighted by Crippen LogP contribution is 2.32. The molecule has 0 unspecified atom stereocenters. The fourth-order valence-electron chi connectivity index (χ4n) is 2.87. The molecule has 1 aliphatic rings. The van der Waals surface area contributed by atoms with Crippen molar-refractivity contribution >= 4 is 27.8 Å². The molecule has 0 bridgehead atoms. The summed E-state index contributed by atoms with van der Waals surface area (Å²) in [6.07, 6.45) is 3.48. The van der Waals surface area contributed by atoms with Gasteiger partial charge in [-0.05, 0) is 55.7 Å². The number of para-hydroxylation sites is 1. The number of fused-ring (bicyclic) bond motifs is 1. The molecule has 0 N–H and O–H groups in total. The standard InChI is InChI=1S/C20H21NO4S/c1-15(2)25-20(22)12-9-16-7-10-18(11-8-16)26(23,24)21-14-13-17-5-3-4-6-19(17)21/h3-12,15H,13-14H2,1-2H3/b12-9+. The molecule has 1 aliphatic heterocycles. The van der Waals surface area contributed by atoms with Crippen molar-refractivity contribution in [2.75, 3.05) is 10.8 Å². The van der Waals surface area contributed by atoms with Crippen molar-refractivity contribution in [3.05, 3.63) is 65.7 Å². The first-order valence-electron chi connectivity index (χ1n) is 8.47. The molecule has 6 heteroatoms. The monoisotopic (exact) mass is 371 g/mol. The van der Waals surface area contributed by atoms with E-state index in [-0.39, 0.29) is 11.0 Å². The summed E-state index contributed by atoms with van der Waals surface area (Å²) in [6, 6.07) is 14.0. The number of carbonyl (C=O) groups is 1. The van der Waals surface area contributed by atoms with Gasteiger partial charge in [0, 0.05) is 12.6 Å². The van der Waals surface area contributed by atoms with Gasteiger partial charge in [-0.2, -0.15) is 0 Å². The molecular formula is C20H21NO4S. The van der Waals surface area contributed by atoms with Gasteiger partial charge in [0.2, 0.25) is 0 Å². The maximum Gasteiger partial charge on any atom is 0.331 e. The number of sulfonamides is 1. The van der Waals surface area contributed by atoms with Crippen LogP contribution in [0.3, 0.4) is 0 Å². The summed E-state index contributed by atoms with van der Waals surface area (Å²) in [5.74, 6) is -0.426. The van der Waals surface area contributed by atoms with Crippen LogP contribution in [-0.2, 0) is 26.0 Å². The molecule has 0 amide bonds. The zero-order valence-electron chi connectivity index (χ0n) is 14.8. The first kappa shape index (κ1) is 18.2. The highest BCUT2D eigenvalue weighted by atomic mass is 32.2. The van der Waals surface area contributed by atoms with E-state index in [0.717, 1.165) is 16.8 Å². The van der Waals surface area contributed by atoms with Crippen molar-refractivity contribution < 1.29 is 17.9 Å². The molecule has 0 radical (unpaired) electrons. The molecule has 5 nitrogen and oxygen atoms in total. The second-order valence-electron chi connectivity index (χ2n) is 6.34. The number of hydrogen-bond donors (Lipinski definition) is 0. The largest absolute Gasteiger partial charge is 0.460 e. The number of hydrogen-bond acceptors (Lipinski definition) is 4. The Morgan fingerprint density at radius 3 is 2.50 bits per heavy atom. The molecule has 3 rings (SSSR count). The van der Waals surface area contributed by atoms with Crippen LogP contribution in [0.25, 0.3) is 6.08 Å². The predicted molar refractivity (Wildman–Crippen MR) is 101 cm³/mol. The number of ether oxygens (including phenoxy) is 1. The minimum absolute atomic E-state index is 0.178. The van der Waals surface area contributed by atoms with Crippen LogP contribution in [0.15, 0.2) is 59.5 Å². The first-order valence-corrected chi connectivity index (χ1v) is 9.91. The van der Waals surface area contributed by atoms with Crippen LogP contribution < -0.4 is 4.31 Å². The summed E-state index contributed by atoms with van der Waals surface area (Å²) in [5, 5.41) is 0. The van der Waals surface area contributed by atoms with Crippen molar-refractivity contribution in [3.63, 3.8) is 0 Å². The fraction of sp³-hybridized carbons (Fsp3) is 0.250. The molecule has 0 fully saturated rings. The van der Waals surface area contributed by atoms with Crippen LogP contribution in [0.5, 0.6) is 0 Å². The van der Waals surface area contributed by atoms with E-state index < -0.39 is 16.0 Å². The van der Waals surface area contributed by atoms with E-state index in [1.165, 1.54) is 10.4 Å². The lowest BCUT2D eigenvalue weighted by atomic mass is 10.2. The second-order valence-corrected chi connectivity index (χ2v) is 8.21. The molecule has 1 heterocycles. The Kier molecular flexibility index (Phi) is 5.13. The Bertz CT molecular complexity index is 931. The fourth-order valence-corrected chi connectivity index (χ4v) is 4.37. The molecule has 0 aliphatic carbocycles. The minimum atomic E-state index is -3.60. The molecule has 2 aromatic carbocycles. The third kappa shape index (κ3) is 3.80. The van der Waals surface area contributed by atoms with Crippen LogP contribution in [0.1, 0.15) is 25.0 Å². The molecule has 136 valence electrons. The Morgan fingerprint density at radius 2 is 1.81 bits per heavy atom. The summed E-state index contributed by atoms with van der Waals surface area (Å²) in [5.41, 5.74) is 2.51. The molecule has 0 atom stereocenters. The second kappa shape index (κ2) is 7.33. The van der Waals surface area contributed by atoms with Gasteiger partial charge in [-0.25, -0.2) is 13.2 Å². The Balaban J connectivity index is 1.78. The number of benzene rings is 2. The van der Waals surface area contributed by atoms with E-state index in [1.54, 1.807) is 44.2 Å². The lowest BCUT2D eigenvalue weighted by molar-refractivity contribution is -0.141. The third-order valence-corrected chi connectivity index (χ3v) is 5.90. The van der Waals surface area contributed by atoms with Crippen molar-refractivity contribution in [1.29, 1.82) is 0 Å². The number of esters is 1. The summed E-state index contributed by atoms with van der Waals surface area (Å²) in [6.45, 7) is 4.01. The SMILES string of the molecule is CC(C)OC(=O)/C=C/c1ccc(S(=O)(=O)N2CCc3ccccc32)cc1. The number of carbonyl (C=O) groups excluding carboxylic acids is 1. The van der Waals surface area contributed by atoms with Crippen molar-refractivity contribution in [2.45, 2.75) is 31.3 Å². The van der Waals surface area contributed by atoms with Gasteiger partial charge in [-0.15, -0.1) is 0 Å². The van der Waals surface area contributed by atoms with E-state index >= 15 is 0 Å². The molecule has 0 saturated heterocycles. The van der Waals surface area contributed by atoms with E-state index in [2.05, 4.69) is 0 Å². The minimum Gasteiger partial charge on any atom is -0.460 e. The van der Waals surface area contributed by atoms with Crippen LogP contribution >= 0.6 is 0 Å². The van der Waals surface area contributed by atoms with E-state index in [9.17, 15) is 13.2 Å². The first-order chi connectivity index (χ1) is 12.4. The van der Waals surface area contributed by atoms with Crippen molar-refractivity contribution in [2.24, 2.45) is 0 Å². The maximum atomic E-state index is 12.9. The molecule has 0 saturated carbocycles. The Morgan fingerprint density at radius 1 is 1.12 bits per heavy atom. The summed E-state index contributed by atoms with van der Waals surface area (Å²) in [4.78, 5) is 11.8. The topological polar surface area (TPSA) is 63.7 Å². The third-order valence-electron chi connectivity index (χ3n) is 4.08. The van der Waals surface area contributed by atoms with Crippen molar-refractivity contribution in [1.82, 2.24) is 0 Å².